The number of benzene rings is 1. The largest absolute Gasteiger partial charge is 0.259 e. The summed E-state index contributed by atoms with van der Waals surface area (Å²) in [6, 6.07) is 9.53. The van der Waals surface area contributed by atoms with Crippen molar-refractivity contribution in [3.8, 4) is 0 Å². The summed E-state index contributed by atoms with van der Waals surface area (Å²) in [6.07, 6.45) is 1.77. The second-order valence-electron chi connectivity index (χ2n) is 2.41. The van der Waals surface area contributed by atoms with Gasteiger partial charge in [-0.2, -0.15) is 0 Å². The number of halogens is 2. The number of hydrogen-bond acceptors (Lipinski definition) is 1. The van der Waals surface area contributed by atoms with Gasteiger partial charge in [-0.15, -0.1) is 0 Å². The smallest absolute Gasteiger partial charge is 0.0344 e. The first-order valence-electron chi connectivity index (χ1n) is 3.00. The molecule has 0 heterocycles. The summed E-state index contributed by atoms with van der Waals surface area (Å²) in [5.41, 5.74) is 0. The Kier molecular flexibility index (Phi) is 2.66. The molecule has 0 aliphatic heterocycles. The van der Waals surface area contributed by atoms with Gasteiger partial charge in [0.1, 0.15) is 0 Å². The van der Waals surface area contributed by atoms with Crippen LogP contribution in [0.4, 0.5) is 0 Å². The van der Waals surface area contributed by atoms with Crippen molar-refractivity contribution in [1.82, 2.24) is 0 Å². The van der Waals surface area contributed by atoms with E-state index in [1.54, 1.807) is 6.26 Å². The Hall–Kier alpha value is 0.830. The van der Waals surface area contributed by atoms with E-state index < -0.39 is 3.41 Å². The predicted molar refractivity (Wildman–Crippen MR) is 66.8 cm³/mol. The van der Waals surface area contributed by atoms with Gasteiger partial charge in [-0.1, -0.05) is 18.2 Å². The molecular weight excluding hydrogens is 386 g/mol. The van der Waals surface area contributed by atoms with E-state index in [1.165, 1.54) is 0 Å². The second-order valence-corrected chi connectivity index (χ2v) is 22.9. The maximum absolute atomic E-state index is 12.0. The molecule has 0 saturated heterocycles. The summed E-state index contributed by atoms with van der Waals surface area (Å²) in [5.74, 6) is 0. The van der Waals surface area contributed by atoms with E-state index in [2.05, 4.69) is 0 Å². The molecule has 0 saturated carbocycles. The third-order valence-electron chi connectivity index (χ3n) is 1.25. The zero-order valence-electron chi connectivity index (χ0n) is 5.96. The van der Waals surface area contributed by atoms with Gasteiger partial charge in [-0.05, 0) is 12.1 Å². The summed E-state index contributed by atoms with van der Waals surface area (Å²) >= 11 is 4.03. The molecule has 0 N–H and O–H groups in total. The standard InChI is InChI=1S/C7H8I2OS/c1-11(8,9,10)7-5-3-2-4-6-7/h2-6H,1H3. The highest BCUT2D eigenvalue weighted by Gasteiger charge is 2.24. The highest BCUT2D eigenvalue weighted by Crippen LogP contribution is 2.46. The van der Waals surface area contributed by atoms with Crippen molar-refractivity contribution < 1.29 is 4.21 Å². The van der Waals surface area contributed by atoms with E-state index in [9.17, 15) is 4.21 Å². The Morgan fingerprint density at radius 1 is 1.18 bits per heavy atom. The molecule has 0 fully saturated rings. The molecule has 0 aliphatic carbocycles. The fourth-order valence-electron chi connectivity index (χ4n) is 0.715. The van der Waals surface area contributed by atoms with Crippen LogP contribution in [0.1, 0.15) is 0 Å². The van der Waals surface area contributed by atoms with Gasteiger partial charge in [0, 0.05) is 57.0 Å². The SMILES string of the molecule is CS(=O)(I)(I)c1ccccc1. The van der Waals surface area contributed by atoms with Crippen LogP contribution in [-0.4, -0.2) is 10.5 Å². The molecule has 0 aromatic heterocycles. The zero-order valence-corrected chi connectivity index (χ0v) is 11.1. The molecule has 0 radical (unpaired) electrons. The van der Waals surface area contributed by atoms with Crippen molar-refractivity contribution in [2.75, 3.05) is 6.26 Å². The van der Waals surface area contributed by atoms with Crippen molar-refractivity contribution in [2.45, 2.75) is 4.90 Å². The maximum atomic E-state index is 12.0. The second kappa shape index (κ2) is 2.95. The van der Waals surface area contributed by atoms with E-state index in [4.69, 9.17) is 0 Å². The van der Waals surface area contributed by atoms with E-state index in [0.29, 0.717) is 0 Å². The van der Waals surface area contributed by atoms with Gasteiger partial charge >= 0.3 is 0 Å². The van der Waals surface area contributed by atoms with Crippen LogP contribution in [-0.2, 0) is 3.41 Å². The summed E-state index contributed by atoms with van der Waals surface area (Å²) in [7, 11) is 0. The third kappa shape index (κ3) is 2.98. The minimum atomic E-state index is -2.57. The molecule has 1 aromatic carbocycles. The average molecular weight is 394 g/mol. The van der Waals surface area contributed by atoms with Gasteiger partial charge in [0.25, 0.3) is 0 Å². The molecule has 1 nitrogen and oxygen atoms in total. The first-order chi connectivity index (χ1) is 4.86. The Balaban J connectivity index is 3.26. The number of rotatable bonds is 1. The first-order valence-corrected chi connectivity index (χ1v) is 10.5. The van der Waals surface area contributed by atoms with Crippen LogP contribution in [0, 0.1) is 0 Å². The van der Waals surface area contributed by atoms with Crippen LogP contribution in [0.2, 0.25) is 0 Å². The molecule has 62 valence electrons. The monoisotopic (exact) mass is 394 g/mol. The Morgan fingerprint density at radius 3 is 1.91 bits per heavy atom. The summed E-state index contributed by atoms with van der Waals surface area (Å²) in [6.45, 7) is 0. The minimum Gasteiger partial charge on any atom is -0.259 e. The van der Waals surface area contributed by atoms with Crippen LogP contribution in [0.15, 0.2) is 35.2 Å². The van der Waals surface area contributed by atoms with Gasteiger partial charge in [0.2, 0.25) is 0 Å². The third-order valence-corrected chi connectivity index (χ3v) is 5.60. The molecule has 1 rings (SSSR count). The van der Waals surface area contributed by atoms with Crippen LogP contribution < -0.4 is 0 Å². The normalized spacial score (nSPS) is 15.4. The fraction of sp³-hybridized carbons (Fsp3) is 0.143. The molecule has 11 heavy (non-hydrogen) atoms. The van der Waals surface area contributed by atoms with Crippen LogP contribution >= 0.6 is 42.4 Å². The van der Waals surface area contributed by atoms with Crippen molar-refractivity contribution in [2.24, 2.45) is 0 Å². The van der Waals surface area contributed by atoms with Gasteiger partial charge in [-0.25, -0.2) is 0 Å². The quantitative estimate of drug-likeness (QED) is 0.529. The summed E-state index contributed by atoms with van der Waals surface area (Å²) in [4.78, 5) is 0.908. The lowest BCUT2D eigenvalue weighted by atomic mass is 10.4. The topological polar surface area (TPSA) is 17.1 Å². The molecule has 4 heteroatoms. The Labute approximate surface area is 90.5 Å². The Bertz CT molecular complexity index is 303. The lowest BCUT2D eigenvalue weighted by Crippen LogP contribution is -2.11. The van der Waals surface area contributed by atoms with Gasteiger partial charge in [0.05, 0.1) is 0 Å². The number of hydrogen-bond donors (Lipinski definition) is 0. The lowest BCUT2D eigenvalue weighted by molar-refractivity contribution is 0.684. The first kappa shape index (κ1) is 9.91. The predicted octanol–water partition coefficient (Wildman–Crippen LogP) is 3.20. The van der Waals surface area contributed by atoms with Gasteiger partial charge in [-0.3, -0.25) is 4.21 Å². The highest BCUT2D eigenvalue weighted by atomic mass is 127. The van der Waals surface area contributed by atoms with Crippen molar-refractivity contribution in [1.29, 1.82) is 0 Å². The highest BCUT2D eigenvalue weighted by molar-refractivity contribution is 14.3. The Morgan fingerprint density at radius 2 is 1.64 bits per heavy atom. The van der Waals surface area contributed by atoms with Crippen LogP contribution in [0.25, 0.3) is 0 Å². The van der Waals surface area contributed by atoms with E-state index in [-0.39, 0.29) is 0 Å². The van der Waals surface area contributed by atoms with Crippen LogP contribution in [0.3, 0.4) is 0 Å². The molecule has 0 atom stereocenters. The lowest BCUT2D eigenvalue weighted by Gasteiger charge is -2.23. The molecular formula is C7H8I2OS. The van der Waals surface area contributed by atoms with Crippen molar-refractivity contribution in [3.05, 3.63) is 30.3 Å². The van der Waals surface area contributed by atoms with E-state index in [0.717, 1.165) is 4.90 Å². The van der Waals surface area contributed by atoms with Gasteiger partial charge in [0.15, 0.2) is 0 Å². The van der Waals surface area contributed by atoms with E-state index in [1.807, 2.05) is 72.7 Å². The van der Waals surface area contributed by atoms with Gasteiger partial charge < -0.3 is 0 Å². The zero-order chi connectivity index (χ0) is 8.56. The van der Waals surface area contributed by atoms with Crippen LogP contribution in [0.5, 0.6) is 0 Å². The van der Waals surface area contributed by atoms with Crippen molar-refractivity contribution in [3.63, 3.8) is 0 Å². The molecule has 0 amide bonds. The maximum Gasteiger partial charge on any atom is 0.0344 e. The fourth-order valence-corrected chi connectivity index (χ4v) is 3.22. The summed E-state index contributed by atoms with van der Waals surface area (Å²) in [5, 5.41) is 0. The van der Waals surface area contributed by atoms with E-state index >= 15 is 0 Å². The molecule has 0 aliphatic rings. The minimum absolute atomic E-state index is 0.908. The molecule has 0 bridgehead atoms. The van der Waals surface area contributed by atoms with Crippen molar-refractivity contribution >= 4 is 45.8 Å². The molecule has 0 unspecified atom stereocenters. The average Bonchev–Trinajstić information content (AvgIpc) is 1.86. The molecule has 0 spiro atoms. The molecule has 1 aromatic rings. The summed E-state index contributed by atoms with van der Waals surface area (Å²) < 4.78 is 9.40.